The van der Waals surface area contributed by atoms with Gasteiger partial charge in [-0.3, -0.25) is 0 Å². The van der Waals surface area contributed by atoms with Crippen LogP contribution in [0.3, 0.4) is 0 Å². The van der Waals surface area contributed by atoms with E-state index >= 15 is 0 Å². The Kier molecular flexibility index (Phi) is 19.8. The molecule has 59 heavy (non-hydrogen) atoms. The van der Waals surface area contributed by atoms with E-state index < -0.39 is 48.0 Å². The van der Waals surface area contributed by atoms with E-state index in [-0.39, 0.29) is 0 Å². The smallest absolute Gasteiger partial charge is 0.0620 e. The molecule has 1 nitrogen and oxygen atoms in total. The minimum absolute atomic E-state index is 0.688. The standard InChI is InChI=1S/2C26H24P2.BrH.HN.W/c2*1-5-13-23(14-6-1)27(24-15-7-2-8-16-24)21-22-28(25-17-9-3-10-18-25)26-19-11-4-12-20-26;;;/h2*1-20H,21-22H2;2*1H;/q;;;;+1/p+3. The van der Waals surface area contributed by atoms with Gasteiger partial charge in [-0.25, -0.2) is 0 Å². The van der Waals surface area contributed by atoms with Crippen molar-refractivity contribution in [3.63, 3.8) is 0 Å². The van der Waals surface area contributed by atoms with Crippen molar-refractivity contribution < 1.29 is 16.3 Å². The van der Waals surface area contributed by atoms with E-state index in [9.17, 15) is 0 Å². The van der Waals surface area contributed by atoms with Crippen LogP contribution in [0.4, 0.5) is 0 Å². The van der Waals surface area contributed by atoms with E-state index in [0.29, 0.717) is 0 Å². The largest absolute Gasteiger partial charge is 0.101 e. The third-order valence-electron chi connectivity index (χ3n) is 10.2. The Morgan fingerprint density at radius 3 is 0.458 bits per heavy atom. The van der Waals surface area contributed by atoms with Crippen LogP contribution in [0, 0.1) is 3.91 Å². The van der Waals surface area contributed by atoms with Crippen molar-refractivity contribution in [2.75, 3.05) is 24.6 Å². The van der Waals surface area contributed by atoms with Crippen LogP contribution in [0.2, 0.25) is 0 Å². The SMILES string of the molecule is [NH]=[W][Br].c1ccc([PH+](CC[PH+](c2ccccc2)c2ccccc2)c2ccccc2)cc1.c1ccc([PH+](CC[PH+](c2ccccc2)c2ccccc2)c2ccccc2)cc1. The maximum Gasteiger partial charge on any atom is 0.101 e. The predicted octanol–water partition coefficient (Wildman–Crippen LogP) is 10.6. The van der Waals surface area contributed by atoms with E-state index in [0.717, 1.165) is 0 Å². The summed E-state index contributed by atoms with van der Waals surface area (Å²) in [6, 6.07) is 89.0. The van der Waals surface area contributed by atoms with Crippen molar-refractivity contribution in [1.29, 1.82) is 3.91 Å². The molecule has 7 heteroatoms. The first kappa shape index (κ1) is 45.0. The van der Waals surface area contributed by atoms with Gasteiger partial charge in [0, 0.05) is 0 Å². The fraction of sp³-hybridized carbons (Fsp3) is 0.0769. The minimum Gasteiger partial charge on any atom is -0.0620 e. The normalized spacial score (nSPS) is 10.7. The van der Waals surface area contributed by atoms with Crippen LogP contribution in [-0.4, -0.2) is 24.6 Å². The first-order valence-corrected chi connectivity index (χ1v) is 34.8. The summed E-state index contributed by atoms with van der Waals surface area (Å²) in [6.45, 7) is 0. The molecule has 0 radical (unpaired) electrons. The summed E-state index contributed by atoms with van der Waals surface area (Å²) in [5.74, 6) is 0. The number of nitrogens with one attached hydrogen (secondary N) is 1. The Hall–Kier alpha value is -3.55. The van der Waals surface area contributed by atoms with Crippen molar-refractivity contribution >= 4 is 87.4 Å². The number of hydrogen-bond acceptors (Lipinski definition) is 1. The maximum atomic E-state index is 6.29. The molecule has 0 atom stereocenters. The van der Waals surface area contributed by atoms with E-state index in [1.807, 2.05) is 0 Å². The summed E-state index contributed by atoms with van der Waals surface area (Å²) in [4.78, 5) is 0. The first-order valence-electron chi connectivity index (χ1n) is 20.1. The quantitative estimate of drug-likeness (QED) is 0.105. The van der Waals surface area contributed by atoms with Crippen LogP contribution in [0.25, 0.3) is 0 Å². The van der Waals surface area contributed by atoms with Crippen LogP contribution in [-0.2, 0) is 16.3 Å². The van der Waals surface area contributed by atoms with E-state index in [1.54, 1.807) is 0 Å². The van der Waals surface area contributed by atoms with Gasteiger partial charge < -0.3 is 0 Å². The zero-order valence-electron chi connectivity index (χ0n) is 33.2. The minimum atomic E-state index is -0.783. The molecule has 0 aliphatic carbocycles. The number of halogens is 1. The van der Waals surface area contributed by atoms with Gasteiger partial charge in [-0.15, -0.1) is 0 Å². The van der Waals surface area contributed by atoms with Gasteiger partial charge in [-0.1, -0.05) is 146 Å². The Bertz CT molecular complexity index is 1820. The molecule has 0 aliphatic heterocycles. The molecular weight excluding hydrogens is 1030 g/mol. The van der Waals surface area contributed by atoms with Gasteiger partial charge >= 0.3 is 33.5 Å². The van der Waals surface area contributed by atoms with Gasteiger partial charge in [0.2, 0.25) is 0 Å². The second-order valence-electron chi connectivity index (χ2n) is 13.9. The van der Waals surface area contributed by atoms with Crippen LogP contribution in [0.15, 0.2) is 243 Å². The Balaban J connectivity index is 0.000000186. The molecule has 0 spiro atoms. The molecule has 295 valence electrons. The summed E-state index contributed by atoms with van der Waals surface area (Å²) >= 11 is 2.29. The van der Waals surface area contributed by atoms with Gasteiger partial charge in [-0.05, 0) is 97.1 Å². The average molecular weight is 1080 g/mol. The Labute approximate surface area is 372 Å². The van der Waals surface area contributed by atoms with E-state index in [1.165, 1.54) is 67.1 Å². The van der Waals surface area contributed by atoms with Crippen molar-refractivity contribution in [3.8, 4) is 0 Å². The van der Waals surface area contributed by atoms with Crippen molar-refractivity contribution in [2.24, 2.45) is 0 Å². The molecule has 0 amide bonds. The van der Waals surface area contributed by atoms with Crippen molar-refractivity contribution in [2.45, 2.75) is 0 Å². The molecule has 0 saturated heterocycles. The molecule has 0 aliphatic rings. The monoisotopic (exact) mass is 1080 g/mol. The van der Waals surface area contributed by atoms with Crippen LogP contribution in [0.1, 0.15) is 0 Å². The number of benzene rings is 8. The molecule has 1 N–H and O–H groups in total. The molecule has 0 unspecified atom stereocenters. The first-order chi connectivity index (χ1) is 29.2. The molecule has 8 rings (SSSR count). The molecule has 0 bridgehead atoms. The predicted molar refractivity (Wildman–Crippen MR) is 273 cm³/mol. The van der Waals surface area contributed by atoms with Crippen LogP contribution < -0.4 is 42.4 Å². The van der Waals surface area contributed by atoms with Crippen molar-refractivity contribution in [3.05, 3.63) is 243 Å². The summed E-state index contributed by atoms with van der Waals surface area (Å²) in [5, 5.41) is 12.1. The zero-order valence-corrected chi connectivity index (χ0v) is 41.7. The topological polar surface area (TPSA) is 23.9 Å². The molecule has 0 fully saturated rings. The molecule has 8 aromatic rings. The third kappa shape index (κ3) is 14.3. The van der Waals surface area contributed by atoms with Gasteiger partial charge in [0.1, 0.15) is 24.6 Å². The number of rotatable bonds is 14. The molecule has 0 heterocycles. The third-order valence-corrected chi connectivity index (χ3v) is 22.5. The second kappa shape index (κ2) is 25.9. The van der Waals surface area contributed by atoms with Gasteiger partial charge in [0.15, 0.2) is 0 Å². The van der Waals surface area contributed by atoms with E-state index in [4.69, 9.17) is 3.91 Å². The molecular formula is C52H53BrNP4W+4. The van der Waals surface area contributed by atoms with Crippen LogP contribution in [0.5, 0.6) is 0 Å². The summed E-state index contributed by atoms with van der Waals surface area (Å²) in [6.07, 6.45) is 5.04. The molecule has 0 saturated carbocycles. The van der Waals surface area contributed by atoms with Gasteiger partial charge in [-0.2, -0.15) is 0 Å². The van der Waals surface area contributed by atoms with Crippen molar-refractivity contribution in [1.82, 2.24) is 0 Å². The summed E-state index contributed by atoms with van der Waals surface area (Å²) < 4.78 is 6.29. The molecule has 8 aromatic carbocycles. The number of hydrogen-bond donors (Lipinski definition) is 1. The second-order valence-corrected chi connectivity index (χ2v) is 27.6. The van der Waals surface area contributed by atoms with E-state index in [2.05, 4.69) is 256 Å². The summed E-state index contributed by atoms with van der Waals surface area (Å²) in [7, 11) is -3.13. The Morgan fingerprint density at radius 2 is 0.356 bits per heavy atom. The fourth-order valence-electron chi connectivity index (χ4n) is 7.44. The van der Waals surface area contributed by atoms with Gasteiger partial charge in [0.05, 0.1) is 74.1 Å². The molecule has 0 aromatic heterocycles. The fourth-order valence-corrected chi connectivity index (χ4v) is 19.8. The summed E-state index contributed by atoms with van der Waals surface area (Å²) in [5.41, 5.74) is 0. The maximum absolute atomic E-state index is 6.29. The Morgan fingerprint density at radius 1 is 0.254 bits per heavy atom. The van der Waals surface area contributed by atoms with Crippen LogP contribution >= 0.6 is 45.0 Å². The average Bonchev–Trinajstić information content (AvgIpc) is 3.32. The van der Waals surface area contributed by atoms with Gasteiger partial charge in [0.25, 0.3) is 0 Å². The zero-order chi connectivity index (χ0) is 40.7.